The molecule has 0 aromatic heterocycles. The van der Waals surface area contributed by atoms with Gasteiger partial charge in [0, 0.05) is 31.9 Å². The highest BCUT2D eigenvalue weighted by Crippen LogP contribution is 2.27. The number of anilines is 1. The van der Waals surface area contributed by atoms with E-state index in [4.69, 9.17) is 5.21 Å². The fraction of sp³-hybridized carbons (Fsp3) is 0.611. The van der Waals surface area contributed by atoms with E-state index in [0.717, 1.165) is 5.69 Å². The summed E-state index contributed by atoms with van der Waals surface area (Å²) in [6.45, 7) is 10.1. The number of aryl methyl sites for hydroxylation is 2. The molecule has 7 nitrogen and oxygen atoms in total. The summed E-state index contributed by atoms with van der Waals surface area (Å²) >= 11 is -2.45. The lowest BCUT2D eigenvalue weighted by molar-refractivity contribution is -0.136. The van der Waals surface area contributed by atoms with Crippen LogP contribution < -0.4 is 10.4 Å². The minimum Gasteiger partial charge on any atom is -0.771 e. The van der Waals surface area contributed by atoms with E-state index in [-0.39, 0.29) is 5.92 Å². The molecular weight excluding hydrogens is 354 g/mol. The van der Waals surface area contributed by atoms with Crippen LogP contribution in [0.2, 0.25) is 0 Å². The first-order chi connectivity index (χ1) is 12.3. The van der Waals surface area contributed by atoms with Crippen molar-refractivity contribution in [3.8, 4) is 0 Å². The number of piperazine rings is 1. The van der Waals surface area contributed by atoms with Gasteiger partial charge in [0.15, 0.2) is 0 Å². The van der Waals surface area contributed by atoms with E-state index in [1.165, 1.54) is 11.1 Å². The third-order valence-electron chi connectivity index (χ3n) is 5.00. The number of benzene rings is 1. The largest absolute Gasteiger partial charge is 0.771 e. The van der Waals surface area contributed by atoms with E-state index < -0.39 is 28.3 Å². The topological polar surface area (TPSA) is 95.9 Å². The first kappa shape index (κ1) is 20.8. The summed E-state index contributed by atoms with van der Waals surface area (Å²) in [5.74, 6) is -1.71. The van der Waals surface area contributed by atoms with Gasteiger partial charge in [0.05, 0.1) is 11.3 Å². The van der Waals surface area contributed by atoms with Crippen molar-refractivity contribution in [2.45, 2.75) is 33.1 Å². The zero-order valence-electron chi connectivity index (χ0n) is 15.8. The summed E-state index contributed by atoms with van der Waals surface area (Å²) in [6, 6.07) is 6.31. The Balaban J connectivity index is 2.14. The molecule has 1 aromatic rings. The Bertz CT molecular complexity index is 660. The second-order valence-corrected chi connectivity index (χ2v) is 8.21. The number of nitrogens with one attached hydrogen (secondary N) is 1. The summed E-state index contributed by atoms with van der Waals surface area (Å²) in [7, 11) is 0. The lowest BCUT2D eigenvalue weighted by atomic mass is 9.93. The van der Waals surface area contributed by atoms with Crippen molar-refractivity contribution in [3.63, 3.8) is 0 Å². The standard InChI is InChI=1S/C18H29N3O4S/c1-12(2)16(17(22)19-23)18(26(24)25)21-9-7-20(8-10-21)15-6-5-13(3)11-14(15)4/h5-6,11-12,16,18,23H,7-10H2,1-4H3,(H,19,22)(H,24,25)/p-1. The molecule has 2 N–H and O–H groups in total. The molecule has 1 heterocycles. The zero-order chi connectivity index (χ0) is 19.4. The van der Waals surface area contributed by atoms with Crippen molar-refractivity contribution in [3.05, 3.63) is 29.3 Å². The predicted molar refractivity (Wildman–Crippen MR) is 101 cm³/mol. The molecular formula is C18H28N3O4S-. The molecule has 146 valence electrons. The van der Waals surface area contributed by atoms with Gasteiger partial charge in [-0.05, 0) is 42.5 Å². The number of hydrogen-bond donors (Lipinski definition) is 2. The van der Waals surface area contributed by atoms with Gasteiger partial charge in [-0.3, -0.25) is 19.1 Å². The maximum atomic E-state index is 12.0. The number of carbonyl (C=O) groups excluding carboxylic acids is 1. The summed E-state index contributed by atoms with van der Waals surface area (Å²) in [5.41, 5.74) is 5.18. The van der Waals surface area contributed by atoms with Gasteiger partial charge in [0.25, 0.3) is 0 Å². The monoisotopic (exact) mass is 382 g/mol. The molecule has 1 aliphatic rings. The average Bonchev–Trinajstić information content (AvgIpc) is 2.58. The van der Waals surface area contributed by atoms with E-state index in [1.54, 1.807) is 19.3 Å². The molecule has 2 rings (SSSR count). The Kier molecular flexibility index (Phi) is 7.16. The van der Waals surface area contributed by atoms with Gasteiger partial charge < -0.3 is 9.45 Å². The van der Waals surface area contributed by atoms with Gasteiger partial charge in [-0.1, -0.05) is 31.5 Å². The number of hydrogen-bond acceptors (Lipinski definition) is 6. The molecule has 3 unspecified atom stereocenters. The molecule has 1 amide bonds. The summed E-state index contributed by atoms with van der Waals surface area (Å²) in [5, 5.41) is 8.04. The molecule has 0 radical (unpaired) electrons. The SMILES string of the molecule is Cc1ccc(N2CCN(C(C(C(=O)NO)C(C)C)S(=O)[O-])CC2)c(C)c1. The first-order valence-corrected chi connectivity index (χ1v) is 9.98. The van der Waals surface area contributed by atoms with Gasteiger partial charge in [-0.2, -0.15) is 0 Å². The molecule has 0 saturated carbocycles. The zero-order valence-corrected chi connectivity index (χ0v) is 16.6. The minimum atomic E-state index is -2.45. The van der Waals surface area contributed by atoms with Crippen LogP contribution in [0.4, 0.5) is 5.69 Å². The summed E-state index contributed by atoms with van der Waals surface area (Å²) in [4.78, 5) is 16.1. The fourth-order valence-electron chi connectivity index (χ4n) is 3.68. The predicted octanol–water partition coefficient (Wildman–Crippen LogP) is 1.41. The maximum Gasteiger partial charge on any atom is 0.249 e. The van der Waals surface area contributed by atoms with Crippen molar-refractivity contribution < 1.29 is 18.8 Å². The molecule has 8 heteroatoms. The Hall–Kier alpha value is -1.48. The van der Waals surface area contributed by atoms with Crippen molar-refractivity contribution in [1.29, 1.82) is 0 Å². The van der Waals surface area contributed by atoms with E-state index in [9.17, 15) is 13.6 Å². The van der Waals surface area contributed by atoms with Gasteiger partial charge in [0.2, 0.25) is 5.91 Å². The smallest absolute Gasteiger partial charge is 0.249 e. The van der Waals surface area contributed by atoms with Crippen LogP contribution in [-0.4, -0.2) is 56.3 Å². The number of amides is 1. The van der Waals surface area contributed by atoms with Crippen molar-refractivity contribution in [1.82, 2.24) is 10.4 Å². The van der Waals surface area contributed by atoms with Crippen molar-refractivity contribution in [2.75, 3.05) is 31.1 Å². The normalized spacial score (nSPS) is 19.3. The lowest BCUT2D eigenvalue weighted by Gasteiger charge is -2.44. The van der Waals surface area contributed by atoms with Crippen LogP contribution in [0.3, 0.4) is 0 Å². The number of hydroxylamine groups is 1. The second kappa shape index (κ2) is 8.94. The summed E-state index contributed by atoms with van der Waals surface area (Å²) < 4.78 is 23.8. The Morgan fingerprint density at radius 3 is 2.31 bits per heavy atom. The molecule has 1 aromatic carbocycles. The molecule has 0 aliphatic carbocycles. The summed E-state index contributed by atoms with van der Waals surface area (Å²) in [6.07, 6.45) is 0. The Morgan fingerprint density at radius 1 is 1.23 bits per heavy atom. The molecule has 0 spiro atoms. The highest BCUT2D eigenvalue weighted by atomic mass is 32.2. The molecule has 0 bridgehead atoms. The highest BCUT2D eigenvalue weighted by Gasteiger charge is 2.37. The van der Waals surface area contributed by atoms with Crippen LogP contribution in [0.15, 0.2) is 18.2 Å². The maximum absolute atomic E-state index is 12.0. The van der Waals surface area contributed by atoms with Crippen molar-refractivity contribution in [2.24, 2.45) is 11.8 Å². The third-order valence-corrected chi connectivity index (χ3v) is 5.99. The Morgan fingerprint density at radius 2 is 1.85 bits per heavy atom. The van der Waals surface area contributed by atoms with Gasteiger partial charge in [0.1, 0.15) is 0 Å². The van der Waals surface area contributed by atoms with Crippen LogP contribution in [-0.2, 0) is 15.9 Å². The highest BCUT2D eigenvalue weighted by molar-refractivity contribution is 7.79. The van der Waals surface area contributed by atoms with Gasteiger partial charge in [-0.15, -0.1) is 0 Å². The van der Waals surface area contributed by atoms with Crippen molar-refractivity contribution >= 4 is 22.7 Å². The lowest BCUT2D eigenvalue weighted by Crippen LogP contribution is -2.57. The number of carbonyl (C=O) groups is 1. The number of rotatable bonds is 6. The van der Waals surface area contributed by atoms with E-state index in [1.807, 2.05) is 4.90 Å². The fourth-order valence-corrected chi connectivity index (χ4v) is 4.81. The van der Waals surface area contributed by atoms with Gasteiger partial charge in [-0.25, -0.2) is 5.48 Å². The van der Waals surface area contributed by atoms with Crippen LogP contribution in [0.25, 0.3) is 0 Å². The quantitative estimate of drug-likeness (QED) is 0.439. The molecule has 1 aliphatic heterocycles. The molecule has 26 heavy (non-hydrogen) atoms. The average molecular weight is 383 g/mol. The first-order valence-electron chi connectivity index (χ1n) is 8.84. The second-order valence-electron chi connectivity index (χ2n) is 7.21. The van der Waals surface area contributed by atoms with Crippen LogP contribution >= 0.6 is 0 Å². The Labute approximate surface area is 157 Å². The molecule has 3 atom stereocenters. The molecule has 1 saturated heterocycles. The van der Waals surface area contributed by atoms with Gasteiger partial charge >= 0.3 is 0 Å². The van der Waals surface area contributed by atoms with E-state index in [0.29, 0.717) is 26.2 Å². The minimum absolute atomic E-state index is 0.220. The van der Waals surface area contributed by atoms with Crippen LogP contribution in [0.1, 0.15) is 25.0 Å². The third kappa shape index (κ3) is 4.62. The van der Waals surface area contributed by atoms with E-state index in [2.05, 4.69) is 36.9 Å². The van der Waals surface area contributed by atoms with Crippen LogP contribution in [0.5, 0.6) is 0 Å². The molecule has 1 fully saturated rings. The van der Waals surface area contributed by atoms with Crippen LogP contribution in [0, 0.1) is 25.7 Å². The van der Waals surface area contributed by atoms with E-state index >= 15 is 0 Å². The number of nitrogens with zero attached hydrogens (tertiary/aromatic N) is 2.